The molecule has 0 saturated heterocycles. The summed E-state index contributed by atoms with van der Waals surface area (Å²) in [6, 6.07) is 15.8. The number of carbonyl (C=O) groups is 2. The topological polar surface area (TPSA) is 102 Å². The second-order valence-electron chi connectivity index (χ2n) is 8.71. The van der Waals surface area contributed by atoms with Crippen LogP contribution in [0.25, 0.3) is 10.2 Å². The molecule has 0 aliphatic rings. The average Bonchev–Trinajstić information content (AvgIpc) is 3.21. The maximum atomic E-state index is 12.7. The van der Waals surface area contributed by atoms with Gasteiger partial charge in [-0.05, 0) is 48.7 Å². The molecule has 0 spiro atoms. The molecule has 8 nitrogen and oxygen atoms in total. The monoisotopic (exact) mass is 490 g/mol. The highest BCUT2D eigenvalue weighted by atomic mass is 32.1. The van der Waals surface area contributed by atoms with Crippen molar-refractivity contribution in [2.24, 2.45) is 0 Å². The van der Waals surface area contributed by atoms with Crippen molar-refractivity contribution in [1.29, 1.82) is 0 Å². The summed E-state index contributed by atoms with van der Waals surface area (Å²) in [7, 11) is 0. The van der Waals surface area contributed by atoms with Crippen molar-refractivity contribution in [2.75, 3.05) is 17.2 Å². The molecule has 0 aliphatic heterocycles. The average molecular weight is 491 g/mol. The smallest absolute Gasteiger partial charge is 0.338 e. The zero-order valence-corrected chi connectivity index (χ0v) is 20.7. The molecule has 0 atom stereocenters. The predicted octanol–water partition coefficient (Wildman–Crippen LogP) is 6.60. The lowest BCUT2D eigenvalue weighted by atomic mass is 9.86. The van der Waals surface area contributed by atoms with Crippen LogP contribution in [0.15, 0.2) is 60.8 Å². The van der Waals surface area contributed by atoms with E-state index in [1.165, 1.54) is 11.3 Å². The molecule has 2 amide bonds. The quantitative estimate of drug-likeness (QED) is 0.295. The third kappa shape index (κ3) is 5.75. The number of carbonyl (C=O) groups excluding carboxylic acids is 2. The Morgan fingerprint density at radius 2 is 1.83 bits per heavy atom. The minimum absolute atomic E-state index is 0.129. The van der Waals surface area contributed by atoms with Crippen LogP contribution in [0.5, 0.6) is 11.6 Å². The zero-order valence-electron chi connectivity index (χ0n) is 19.9. The lowest BCUT2D eigenvalue weighted by Crippen LogP contribution is -2.20. The molecule has 4 aromatic rings. The third-order valence-corrected chi connectivity index (χ3v) is 5.97. The number of benzene rings is 2. The Bertz CT molecular complexity index is 1380. The highest BCUT2D eigenvalue weighted by Crippen LogP contribution is 2.35. The van der Waals surface area contributed by atoms with Crippen molar-refractivity contribution in [3.05, 3.63) is 71.9 Å². The van der Waals surface area contributed by atoms with Crippen molar-refractivity contribution in [1.82, 2.24) is 9.97 Å². The van der Waals surface area contributed by atoms with Gasteiger partial charge in [0.2, 0.25) is 5.88 Å². The van der Waals surface area contributed by atoms with E-state index < -0.39 is 12.0 Å². The van der Waals surface area contributed by atoms with Gasteiger partial charge < -0.3 is 14.8 Å². The summed E-state index contributed by atoms with van der Waals surface area (Å²) in [5, 5.41) is 5.91. The molecule has 0 unspecified atom stereocenters. The van der Waals surface area contributed by atoms with Crippen molar-refractivity contribution in [3.63, 3.8) is 0 Å². The third-order valence-electron chi connectivity index (χ3n) is 5.04. The van der Waals surface area contributed by atoms with Gasteiger partial charge in [0.1, 0.15) is 11.4 Å². The van der Waals surface area contributed by atoms with Crippen LogP contribution in [0.2, 0.25) is 0 Å². The molecule has 0 saturated carbocycles. The lowest BCUT2D eigenvalue weighted by molar-refractivity contribution is 0.0526. The van der Waals surface area contributed by atoms with Crippen molar-refractivity contribution in [2.45, 2.75) is 33.1 Å². The summed E-state index contributed by atoms with van der Waals surface area (Å²) in [5.41, 5.74) is 2.42. The van der Waals surface area contributed by atoms with Crippen LogP contribution < -0.4 is 15.4 Å². The van der Waals surface area contributed by atoms with Gasteiger partial charge >= 0.3 is 12.0 Å². The molecule has 0 radical (unpaired) electrons. The standard InChI is InChI=1S/C26H26N4O4S/c1-5-33-23(31)16-12-13-18-21(15-16)35-25(29-18)30-24(32)28-19-10-8-14-27-22(19)34-20-11-7-6-9-17(20)26(2,3)4/h6-15H,5H2,1-4H3,(H2,28,29,30,32). The fourth-order valence-corrected chi connectivity index (χ4v) is 4.32. The number of hydrogen-bond donors (Lipinski definition) is 2. The van der Waals surface area contributed by atoms with E-state index in [0.717, 1.165) is 10.3 Å². The van der Waals surface area contributed by atoms with Gasteiger partial charge in [0.05, 0.1) is 22.4 Å². The molecule has 9 heteroatoms. The first-order valence-electron chi connectivity index (χ1n) is 11.1. The van der Waals surface area contributed by atoms with E-state index in [2.05, 4.69) is 41.4 Å². The molecule has 2 N–H and O–H groups in total. The van der Waals surface area contributed by atoms with Crippen LogP contribution in [-0.4, -0.2) is 28.6 Å². The van der Waals surface area contributed by atoms with Crippen LogP contribution in [0.1, 0.15) is 43.6 Å². The van der Waals surface area contributed by atoms with E-state index in [9.17, 15) is 9.59 Å². The van der Waals surface area contributed by atoms with Gasteiger partial charge in [0.25, 0.3) is 0 Å². The zero-order chi connectivity index (χ0) is 25.0. The van der Waals surface area contributed by atoms with Gasteiger partial charge in [0, 0.05) is 11.8 Å². The first-order valence-corrected chi connectivity index (χ1v) is 11.9. The van der Waals surface area contributed by atoms with Gasteiger partial charge in [-0.15, -0.1) is 0 Å². The summed E-state index contributed by atoms with van der Waals surface area (Å²) in [6.07, 6.45) is 1.60. The van der Waals surface area contributed by atoms with E-state index >= 15 is 0 Å². The molecular weight excluding hydrogens is 464 g/mol. The maximum Gasteiger partial charge on any atom is 0.338 e. The molecule has 4 rings (SSSR count). The largest absolute Gasteiger partial charge is 0.462 e. The van der Waals surface area contributed by atoms with Gasteiger partial charge in [-0.1, -0.05) is 50.3 Å². The van der Waals surface area contributed by atoms with Gasteiger partial charge in [0.15, 0.2) is 5.13 Å². The summed E-state index contributed by atoms with van der Waals surface area (Å²) in [6.45, 7) is 8.37. The number of nitrogens with one attached hydrogen (secondary N) is 2. The van der Waals surface area contributed by atoms with Crippen molar-refractivity contribution >= 4 is 44.4 Å². The van der Waals surface area contributed by atoms with Crippen LogP contribution in [0, 0.1) is 0 Å². The molecule has 0 aliphatic carbocycles. The molecular formula is C26H26N4O4S. The van der Waals surface area contributed by atoms with Gasteiger partial charge in [-0.2, -0.15) is 0 Å². The number of ether oxygens (including phenoxy) is 2. The maximum absolute atomic E-state index is 12.7. The minimum atomic E-state index is -0.489. The predicted molar refractivity (Wildman–Crippen MR) is 138 cm³/mol. The summed E-state index contributed by atoms with van der Waals surface area (Å²) >= 11 is 1.26. The van der Waals surface area contributed by atoms with E-state index in [-0.39, 0.29) is 11.3 Å². The Labute approximate surface area is 207 Å². The molecule has 35 heavy (non-hydrogen) atoms. The SMILES string of the molecule is CCOC(=O)c1ccc2nc(NC(=O)Nc3cccnc3Oc3ccccc3C(C)(C)C)sc2c1. The highest BCUT2D eigenvalue weighted by Gasteiger charge is 2.20. The Hall–Kier alpha value is -3.98. The van der Waals surface area contributed by atoms with Crippen molar-refractivity contribution < 1.29 is 19.1 Å². The van der Waals surface area contributed by atoms with Gasteiger partial charge in [-0.3, -0.25) is 5.32 Å². The number of rotatable bonds is 6. The first-order chi connectivity index (χ1) is 16.7. The van der Waals surface area contributed by atoms with E-state index in [1.54, 1.807) is 43.5 Å². The highest BCUT2D eigenvalue weighted by molar-refractivity contribution is 7.22. The van der Waals surface area contributed by atoms with Crippen LogP contribution in [-0.2, 0) is 10.2 Å². The molecule has 0 fully saturated rings. The van der Waals surface area contributed by atoms with Crippen LogP contribution in [0.4, 0.5) is 15.6 Å². The lowest BCUT2D eigenvalue weighted by Gasteiger charge is -2.22. The fourth-order valence-electron chi connectivity index (χ4n) is 3.42. The number of nitrogens with zero attached hydrogens (tertiary/aromatic N) is 2. The summed E-state index contributed by atoms with van der Waals surface area (Å²) in [4.78, 5) is 33.4. The minimum Gasteiger partial charge on any atom is -0.462 e. The number of para-hydroxylation sites is 1. The number of fused-ring (bicyclic) bond motifs is 1. The number of hydrogen-bond acceptors (Lipinski definition) is 7. The summed E-state index contributed by atoms with van der Waals surface area (Å²) in [5.74, 6) is 0.556. The molecule has 180 valence electrons. The Balaban J connectivity index is 1.50. The van der Waals surface area contributed by atoms with E-state index in [0.29, 0.717) is 34.3 Å². The van der Waals surface area contributed by atoms with Crippen molar-refractivity contribution in [3.8, 4) is 11.6 Å². The number of anilines is 2. The van der Waals surface area contributed by atoms with E-state index in [1.807, 2.05) is 24.3 Å². The Kier molecular flexibility index (Phi) is 6.97. The number of amides is 2. The molecule has 2 aromatic carbocycles. The first kappa shape index (κ1) is 24.2. The fraction of sp³-hybridized carbons (Fsp3) is 0.231. The number of urea groups is 1. The molecule has 2 heterocycles. The Morgan fingerprint density at radius 3 is 2.60 bits per heavy atom. The summed E-state index contributed by atoms with van der Waals surface area (Å²) < 4.78 is 11.9. The van der Waals surface area contributed by atoms with Gasteiger partial charge in [-0.25, -0.2) is 19.6 Å². The number of pyridine rings is 1. The number of esters is 1. The molecule has 0 bridgehead atoms. The Morgan fingerprint density at radius 1 is 1.03 bits per heavy atom. The number of aromatic nitrogens is 2. The van der Waals surface area contributed by atoms with Crippen LogP contribution in [0.3, 0.4) is 0 Å². The van der Waals surface area contributed by atoms with Crippen LogP contribution >= 0.6 is 11.3 Å². The van der Waals surface area contributed by atoms with E-state index in [4.69, 9.17) is 9.47 Å². The second kappa shape index (κ2) is 10.1. The normalized spacial score (nSPS) is 11.2. The second-order valence-corrected chi connectivity index (χ2v) is 9.74. The number of thiazole rings is 1. The molecule has 2 aromatic heterocycles.